The maximum absolute atomic E-state index is 13.2. The molecule has 38 heavy (non-hydrogen) atoms. The van der Waals surface area contributed by atoms with Gasteiger partial charge in [0.2, 0.25) is 0 Å². The van der Waals surface area contributed by atoms with E-state index >= 15 is 0 Å². The Balaban J connectivity index is 1.40. The number of aromatic nitrogens is 3. The molecule has 0 radical (unpaired) electrons. The van der Waals surface area contributed by atoms with Gasteiger partial charge in [0.05, 0.1) is 11.1 Å². The highest BCUT2D eigenvalue weighted by Gasteiger charge is 2.46. The molecule has 1 saturated carbocycles. The van der Waals surface area contributed by atoms with Crippen molar-refractivity contribution in [2.24, 2.45) is 13.0 Å². The van der Waals surface area contributed by atoms with E-state index in [1.807, 2.05) is 65.0 Å². The Morgan fingerprint density at radius 2 is 1.76 bits per heavy atom. The lowest BCUT2D eigenvalue weighted by Gasteiger charge is -2.26. The van der Waals surface area contributed by atoms with Crippen molar-refractivity contribution < 1.29 is 9.59 Å². The summed E-state index contributed by atoms with van der Waals surface area (Å²) in [4.78, 5) is 36.1. The van der Waals surface area contributed by atoms with Crippen LogP contribution in [0, 0.1) is 5.92 Å². The number of fused-ring (bicyclic) bond motifs is 2. The highest BCUT2D eigenvalue weighted by Crippen LogP contribution is 2.44. The Bertz CT molecular complexity index is 1590. The van der Waals surface area contributed by atoms with Crippen molar-refractivity contribution in [1.82, 2.24) is 19.4 Å². The summed E-state index contributed by atoms with van der Waals surface area (Å²) in [5.74, 6) is 0.971. The molecule has 2 amide bonds. The van der Waals surface area contributed by atoms with E-state index in [1.54, 1.807) is 6.92 Å². The van der Waals surface area contributed by atoms with E-state index < -0.39 is 0 Å². The Morgan fingerprint density at radius 3 is 2.47 bits per heavy atom. The predicted octanol–water partition coefficient (Wildman–Crippen LogP) is 5.02. The molecule has 2 unspecified atom stereocenters. The van der Waals surface area contributed by atoms with Crippen LogP contribution < -0.4 is 11.1 Å². The van der Waals surface area contributed by atoms with Crippen LogP contribution in [0.15, 0.2) is 67.0 Å². The number of nitrogen functional groups attached to an aromatic ring is 1. The number of nitrogens with one attached hydrogen (secondary N) is 1. The van der Waals surface area contributed by atoms with E-state index in [-0.39, 0.29) is 11.8 Å². The van der Waals surface area contributed by atoms with Crippen LogP contribution in [0.2, 0.25) is 0 Å². The number of likely N-dealkylation sites (tertiary alicyclic amines) is 1. The minimum absolute atomic E-state index is 0.108. The summed E-state index contributed by atoms with van der Waals surface area (Å²) in [7, 11) is 1.95. The molecule has 1 aliphatic carbocycles. The van der Waals surface area contributed by atoms with Gasteiger partial charge in [-0.15, -0.1) is 0 Å². The Labute approximate surface area is 221 Å². The van der Waals surface area contributed by atoms with Crippen LogP contribution in [-0.2, 0) is 11.8 Å². The Morgan fingerprint density at radius 1 is 1.05 bits per heavy atom. The number of hydrogen-bond acceptors (Lipinski definition) is 5. The first kappa shape index (κ1) is 23.9. The van der Waals surface area contributed by atoms with Crippen molar-refractivity contribution in [2.75, 3.05) is 17.6 Å². The van der Waals surface area contributed by atoms with Gasteiger partial charge in [-0.2, -0.15) is 0 Å². The zero-order valence-corrected chi connectivity index (χ0v) is 21.6. The number of carbonyl (C=O) groups excluding carboxylic acids is 2. The Hall–Kier alpha value is -4.46. The summed E-state index contributed by atoms with van der Waals surface area (Å²) in [6.07, 6.45) is 4.92. The van der Waals surface area contributed by atoms with Crippen LogP contribution in [0.25, 0.3) is 33.4 Å². The molecule has 4 aromatic rings. The first-order valence-corrected chi connectivity index (χ1v) is 12.9. The van der Waals surface area contributed by atoms with E-state index in [4.69, 9.17) is 5.73 Å². The van der Waals surface area contributed by atoms with Crippen molar-refractivity contribution in [1.29, 1.82) is 0 Å². The van der Waals surface area contributed by atoms with Gasteiger partial charge in [0, 0.05) is 42.0 Å². The third kappa shape index (κ3) is 4.02. The predicted molar refractivity (Wildman–Crippen MR) is 149 cm³/mol. The van der Waals surface area contributed by atoms with E-state index in [0.29, 0.717) is 34.6 Å². The first-order chi connectivity index (χ1) is 18.3. The highest BCUT2D eigenvalue weighted by atomic mass is 16.2. The molecule has 2 fully saturated rings. The first-order valence-electron chi connectivity index (χ1n) is 12.9. The third-order valence-electron chi connectivity index (χ3n) is 7.74. The second kappa shape index (κ2) is 9.13. The molecular formula is C30H30N6O2. The number of anilines is 2. The number of benzene rings is 2. The van der Waals surface area contributed by atoms with Crippen LogP contribution in [0.5, 0.6) is 0 Å². The van der Waals surface area contributed by atoms with Crippen molar-refractivity contribution in [2.45, 2.75) is 32.2 Å². The lowest BCUT2D eigenvalue weighted by molar-refractivity contribution is -0.112. The zero-order chi connectivity index (χ0) is 26.6. The molecule has 8 heteroatoms. The topological polar surface area (TPSA) is 106 Å². The number of piperidine rings is 1. The molecule has 192 valence electrons. The molecule has 2 aromatic heterocycles. The molecule has 2 aromatic carbocycles. The van der Waals surface area contributed by atoms with Crippen molar-refractivity contribution in [3.05, 3.63) is 72.6 Å². The number of nitrogens with two attached hydrogens (primary N) is 1. The molecule has 2 atom stereocenters. The largest absolute Gasteiger partial charge is 0.383 e. The average Bonchev–Trinajstić information content (AvgIpc) is 3.66. The van der Waals surface area contributed by atoms with Crippen molar-refractivity contribution >= 4 is 34.4 Å². The van der Waals surface area contributed by atoms with Gasteiger partial charge in [0.15, 0.2) is 0 Å². The van der Waals surface area contributed by atoms with Crippen molar-refractivity contribution in [3.63, 3.8) is 0 Å². The number of rotatable bonds is 5. The molecule has 8 nitrogen and oxygen atoms in total. The smallest absolute Gasteiger partial charge is 0.254 e. The SMILES string of the molecule is C=C(C)C(=O)Nc1ccc(-c2c(-c3ccc(C(=O)N4CCCC5CC54)cc3)c3c(N)ncnc3n2C)cc1. The minimum atomic E-state index is -0.220. The molecule has 3 N–H and O–H groups in total. The summed E-state index contributed by atoms with van der Waals surface area (Å²) in [6, 6.07) is 15.8. The van der Waals surface area contributed by atoms with Crippen LogP contribution in [-0.4, -0.2) is 43.8 Å². The number of carbonyl (C=O) groups is 2. The summed E-state index contributed by atoms with van der Waals surface area (Å²) in [5.41, 5.74) is 12.6. The van der Waals surface area contributed by atoms with Crippen LogP contribution in [0.3, 0.4) is 0 Å². The fourth-order valence-electron chi connectivity index (χ4n) is 5.65. The van der Waals surface area contributed by atoms with E-state index in [9.17, 15) is 9.59 Å². The highest BCUT2D eigenvalue weighted by molar-refractivity contribution is 6.08. The van der Waals surface area contributed by atoms with Gasteiger partial charge >= 0.3 is 0 Å². The lowest BCUT2D eigenvalue weighted by atomic mass is 9.97. The maximum atomic E-state index is 13.2. The minimum Gasteiger partial charge on any atom is -0.383 e. The van der Waals surface area contributed by atoms with Gasteiger partial charge in [-0.3, -0.25) is 9.59 Å². The molecule has 1 saturated heterocycles. The van der Waals surface area contributed by atoms with Crippen LogP contribution >= 0.6 is 0 Å². The van der Waals surface area contributed by atoms with Crippen LogP contribution in [0.4, 0.5) is 11.5 Å². The quantitative estimate of drug-likeness (QED) is 0.370. The molecule has 6 rings (SSSR count). The summed E-state index contributed by atoms with van der Waals surface area (Å²) >= 11 is 0. The van der Waals surface area contributed by atoms with Gasteiger partial charge in [-0.25, -0.2) is 9.97 Å². The molecular weight excluding hydrogens is 476 g/mol. The van der Waals surface area contributed by atoms with Crippen LogP contribution in [0.1, 0.15) is 36.5 Å². The second-order valence-corrected chi connectivity index (χ2v) is 10.3. The molecule has 0 bridgehead atoms. The summed E-state index contributed by atoms with van der Waals surface area (Å²) in [5, 5.41) is 3.61. The van der Waals surface area contributed by atoms with Gasteiger partial charge in [0.25, 0.3) is 11.8 Å². The standard InChI is InChI=1S/C30H30N6O2/c1-17(2)29(37)34-22-12-10-19(11-13-22)26-24(25-27(31)32-16-33-28(25)35(26)3)18-6-8-20(9-7-18)30(38)36-14-4-5-21-15-23(21)36/h6-13,16,21,23H,1,4-5,14-15H2,2-3H3,(H,34,37)(H2,31,32,33). The normalized spacial score (nSPS) is 18.2. The maximum Gasteiger partial charge on any atom is 0.254 e. The average molecular weight is 507 g/mol. The number of nitrogens with zero attached hydrogens (tertiary/aromatic N) is 4. The van der Waals surface area contributed by atoms with Gasteiger partial charge < -0.3 is 20.5 Å². The number of aryl methyl sites for hydroxylation is 1. The fourth-order valence-corrected chi connectivity index (χ4v) is 5.65. The van der Waals surface area contributed by atoms with E-state index in [0.717, 1.165) is 52.8 Å². The molecule has 3 heterocycles. The number of hydrogen-bond donors (Lipinski definition) is 2. The zero-order valence-electron chi connectivity index (χ0n) is 21.6. The fraction of sp³-hybridized carbons (Fsp3) is 0.267. The second-order valence-electron chi connectivity index (χ2n) is 10.3. The van der Waals surface area contributed by atoms with Gasteiger partial charge in [-0.05, 0) is 67.5 Å². The monoisotopic (exact) mass is 506 g/mol. The molecule has 2 aliphatic rings. The van der Waals surface area contributed by atoms with E-state index in [2.05, 4.69) is 21.9 Å². The molecule has 1 aliphatic heterocycles. The van der Waals surface area contributed by atoms with Crippen molar-refractivity contribution in [3.8, 4) is 22.4 Å². The Kier molecular flexibility index (Phi) is 5.75. The molecule has 0 spiro atoms. The lowest BCUT2D eigenvalue weighted by Crippen LogP contribution is -2.37. The summed E-state index contributed by atoms with van der Waals surface area (Å²) in [6.45, 7) is 6.20. The number of amides is 2. The van der Waals surface area contributed by atoms with E-state index in [1.165, 1.54) is 12.7 Å². The summed E-state index contributed by atoms with van der Waals surface area (Å²) < 4.78 is 2.00. The van der Waals surface area contributed by atoms with Gasteiger partial charge in [-0.1, -0.05) is 30.8 Å². The van der Waals surface area contributed by atoms with Gasteiger partial charge in [0.1, 0.15) is 17.8 Å². The third-order valence-corrected chi connectivity index (χ3v) is 7.74.